The lowest BCUT2D eigenvalue weighted by Gasteiger charge is -2.11. The first-order valence-electron chi connectivity index (χ1n) is 5.96. The number of ether oxygens (including phenoxy) is 2. The Morgan fingerprint density at radius 1 is 1.56 bits per heavy atom. The molecule has 4 nitrogen and oxygen atoms in total. The molecule has 0 radical (unpaired) electrons. The Bertz CT molecular complexity index is 566. The summed E-state index contributed by atoms with van der Waals surface area (Å²) in [6.07, 6.45) is 1.95. The Hall–Kier alpha value is -0.910. The van der Waals surface area contributed by atoms with E-state index in [1.807, 2.05) is 0 Å². The second-order valence-electron chi connectivity index (χ2n) is 4.19. The summed E-state index contributed by atoms with van der Waals surface area (Å²) in [5.74, 6) is 0.580. The lowest BCUT2D eigenvalue weighted by atomic mass is 10.3. The van der Waals surface area contributed by atoms with E-state index in [1.54, 1.807) is 11.3 Å². The molecule has 18 heavy (non-hydrogen) atoms. The van der Waals surface area contributed by atoms with E-state index in [0.29, 0.717) is 12.5 Å². The minimum absolute atomic E-state index is 0.0733. The lowest BCUT2D eigenvalue weighted by molar-refractivity contribution is 0.139. The predicted octanol–water partition coefficient (Wildman–Crippen LogP) is 3.07. The number of aromatic nitrogens is 2. The van der Waals surface area contributed by atoms with Crippen LogP contribution in [0.1, 0.15) is 18.2 Å². The number of rotatable bonds is 3. The van der Waals surface area contributed by atoms with Gasteiger partial charge in [-0.25, -0.2) is 4.98 Å². The fourth-order valence-corrected chi connectivity index (χ4v) is 3.12. The van der Waals surface area contributed by atoms with Crippen molar-refractivity contribution in [1.29, 1.82) is 0 Å². The second-order valence-corrected chi connectivity index (χ2v) is 5.64. The van der Waals surface area contributed by atoms with Gasteiger partial charge in [-0.15, -0.1) is 11.3 Å². The molecule has 0 aromatic carbocycles. The predicted molar refractivity (Wildman–Crippen MR) is 71.7 cm³/mol. The van der Waals surface area contributed by atoms with Crippen molar-refractivity contribution < 1.29 is 9.47 Å². The molecule has 2 aromatic rings. The monoisotopic (exact) mass is 284 g/mol. The molecule has 0 N–H and O–H groups in total. The smallest absolute Gasteiger partial charge is 0.227 e. The Balaban J connectivity index is 2.00. The summed E-state index contributed by atoms with van der Waals surface area (Å²) in [5, 5.41) is 1.19. The summed E-state index contributed by atoms with van der Waals surface area (Å²) in [7, 11) is 0. The molecule has 1 fully saturated rings. The van der Waals surface area contributed by atoms with Gasteiger partial charge in [-0.2, -0.15) is 4.98 Å². The molecule has 1 saturated heterocycles. The van der Waals surface area contributed by atoms with Gasteiger partial charge in [-0.3, -0.25) is 0 Å². The first kappa shape index (κ1) is 12.1. The van der Waals surface area contributed by atoms with Crippen LogP contribution in [-0.2, 0) is 11.2 Å². The van der Waals surface area contributed by atoms with Gasteiger partial charge in [-0.1, -0.05) is 6.92 Å². The number of thiophene rings is 1. The minimum Gasteiger partial charge on any atom is -0.471 e. The molecule has 3 rings (SSSR count). The molecule has 1 aliphatic rings. The van der Waals surface area contributed by atoms with E-state index in [4.69, 9.17) is 21.1 Å². The minimum atomic E-state index is 0.0733. The van der Waals surface area contributed by atoms with Crippen molar-refractivity contribution in [3.05, 3.63) is 16.2 Å². The van der Waals surface area contributed by atoms with Crippen LogP contribution in [0.4, 0.5) is 0 Å². The van der Waals surface area contributed by atoms with Crippen LogP contribution < -0.4 is 4.74 Å². The van der Waals surface area contributed by atoms with E-state index in [0.717, 1.165) is 29.7 Å². The largest absolute Gasteiger partial charge is 0.471 e. The molecule has 6 heteroatoms. The van der Waals surface area contributed by atoms with E-state index in [-0.39, 0.29) is 11.4 Å². The van der Waals surface area contributed by atoms with Gasteiger partial charge >= 0.3 is 0 Å². The van der Waals surface area contributed by atoms with Crippen molar-refractivity contribution in [2.45, 2.75) is 25.9 Å². The molecule has 0 amide bonds. The van der Waals surface area contributed by atoms with Gasteiger partial charge in [0, 0.05) is 11.3 Å². The molecule has 0 saturated carbocycles. The molecule has 3 heterocycles. The van der Waals surface area contributed by atoms with Crippen molar-refractivity contribution in [3.63, 3.8) is 0 Å². The number of fused-ring (bicyclic) bond motifs is 1. The van der Waals surface area contributed by atoms with Crippen molar-refractivity contribution in [2.75, 3.05) is 13.2 Å². The van der Waals surface area contributed by atoms with Crippen LogP contribution in [0.2, 0.25) is 5.28 Å². The maximum Gasteiger partial charge on any atom is 0.227 e. The summed E-state index contributed by atoms with van der Waals surface area (Å²) >= 11 is 7.57. The van der Waals surface area contributed by atoms with Crippen molar-refractivity contribution in [2.24, 2.45) is 0 Å². The third kappa shape index (κ3) is 2.30. The average molecular weight is 285 g/mol. The van der Waals surface area contributed by atoms with E-state index in [2.05, 4.69) is 23.0 Å². The van der Waals surface area contributed by atoms with Gasteiger partial charge in [0.25, 0.3) is 0 Å². The number of hydrogen-bond acceptors (Lipinski definition) is 5. The normalized spacial score (nSPS) is 19.6. The molecular weight excluding hydrogens is 272 g/mol. The number of aryl methyl sites for hydroxylation is 1. The van der Waals surface area contributed by atoms with E-state index in [9.17, 15) is 0 Å². The fourth-order valence-electron chi connectivity index (χ4n) is 1.95. The Labute approximate surface area is 114 Å². The average Bonchev–Trinajstić information content (AvgIpc) is 2.97. The quantitative estimate of drug-likeness (QED) is 0.813. The second kappa shape index (κ2) is 4.99. The van der Waals surface area contributed by atoms with Crippen LogP contribution in [-0.4, -0.2) is 29.3 Å². The van der Waals surface area contributed by atoms with Gasteiger partial charge in [0.15, 0.2) is 0 Å². The van der Waals surface area contributed by atoms with E-state index >= 15 is 0 Å². The highest BCUT2D eigenvalue weighted by Gasteiger charge is 2.20. The highest BCUT2D eigenvalue weighted by molar-refractivity contribution is 7.18. The first-order chi connectivity index (χ1) is 8.76. The lowest BCUT2D eigenvalue weighted by Crippen LogP contribution is -2.16. The summed E-state index contributed by atoms with van der Waals surface area (Å²) < 4.78 is 11.2. The Morgan fingerprint density at radius 2 is 2.44 bits per heavy atom. The van der Waals surface area contributed by atoms with Gasteiger partial charge in [0.2, 0.25) is 11.2 Å². The zero-order valence-electron chi connectivity index (χ0n) is 9.98. The highest BCUT2D eigenvalue weighted by Crippen LogP contribution is 2.32. The van der Waals surface area contributed by atoms with Gasteiger partial charge < -0.3 is 9.47 Å². The summed E-state index contributed by atoms with van der Waals surface area (Å²) in [6, 6.07) is 2.08. The standard InChI is InChI=1S/C12H13ClN2O2S/c1-2-8-5-9-10(17-7-3-4-16-6-7)14-12(13)15-11(9)18-8/h5,7H,2-4,6H2,1H3. The van der Waals surface area contributed by atoms with Crippen LogP contribution in [0.25, 0.3) is 10.2 Å². The molecular formula is C12H13ClN2O2S. The first-order valence-corrected chi connectivity index (χ1v) is 7.16. The summed E-state index contributed by atoms with van der Waals surface area (Å²) in [5.41, 5.74) is 0. The Kier molecular flexibility index (Phi) is 3.37. The van der Waals surface area contributed by atoms with Gasteiger partial charge in [0.05, 0.1) is 18.6 Å². The van der Waals surface area contributed by atoms with Crippen LogP contribution in [0.5, 0.6) is 5.88 Å². The molecule has 96 valence electrons. The molecule has 2 aromatic heterocycles. The molecule has 0 bridgehead atoms. The van der Waals surface area contributed by atoms with Crippen LogP contribution in [0, 0.1) is 0 Å². The summed E-state index contributed by atoms with van der Waals surface area (Å²) in [6.45, 7) is 3.48. The van der Waals surface area contributed by atoms with Gasteiger partial charge in [-0.05, 0) is 24.1 Å². The topological polar surface area (TPSA) is 44.2 Å². The number of nitrogens with zero attached hydrogens (tertiary/aromatic N) is 2. The van der Waals surface area contributed by atoms with E-state index < -0.39 is 0 Å². The zero-order chi connectivity index (χ0) is 12.5. The van der Waals surface area contributed by atoms with Crippen molar-refractivity contribution >= 4 is 33.2 Å². The summed E-state index contributed by atoms with van der Waals surface area (Å²) in [4.78, 5) is 10.6. The maximum atomic E-state index is 5.93. The number of hydrogen-bond donors (Lipinski definition) is 0. The van der Waals surface area contributed by atoms with E-state index in [1.165, 1.54) is 4.88 Å². The fraction of sp³-hybridized carbons (Fsp3) is 0.500. The third-order valence-corrected chi connectivity index (χ3v) is 4.24. The molecule has 1 unspecified atom stereocenters. The van der Waals surface area contributed by atoms with Crippen LogP contribution >= 0.6 is 22.9 Å². The maximum absolute atomic E-state index is 5.93. The zero-order valence-corrected chi connectivity index (χ0v) is 11.6. The molecule has 1 aliphatic heterocycles. The molecule has 1 atom stereocenters. The third-order valence-electron chi connectivity index (χ3n) is 2.90. The highest BCUT2D eigenvalue weighted by atomic mass is 35.5. The van der Waals surface area contributed by atoms with Crippen molar-refractivity contribution in [3.8, 4) is 5.88 Å². The van der Waals surface area contributed by atoms with Crippen LogP contribution in [0.3, 0.4) is 0 Å². The van der Waals surface area contributed by atoms with Gasteiger partial charge in [0.1, 0.15) is 10.9 Å². The molecule has 0 aliphatic carbocycles. The number of halogens is 1. The molecule has 0 spiro atoms. The van der Waals surface area contributed by atoms with Crippen molar-refractivity contribution in [1.82, 2.24) is 9.97 Å². The SMILES string of the molecule is CCc1cc2c(OC3CCOC3)nc(Cl)nc2s1. The Morgan fingerprint density at radius 3 is 3.17 bits per heavy atom. The van der Waals surface area contributed by atoms with Crippen LogP contribution in [0.15, 0.2) is 6.07 Å².